The molecule has 12 N–H and O–H groups in total. The van der Waals surface area contributed by atoms with Crippen molar-refractivity contribution in [1.82, 2.24) is 71.1 Å². The normalized spacial score (nSPS) is 25.7. The van der Waals surface area contributed by atoms with Crippen LogP contribution in [-0.4, -0.2) is 424 Å². The van der Waals surface area contributed by atoms with Gasteiger partial charge in [-0.05, 0) is 32.2 Å². The minimum atomic E-state index is -1.35. The minimum Gasteiger partial charge on any atom is -0.388 e. The molecule has 6 saturated heterocycles. The van der Waals surface area contributed by atoms with Crippen LogP contribution in [0, 0.1) is 0 Å². The summed E-state index contributed by atoms with van der Waals surface area (Å²) >= 11 is 0. The van der Waals surface area contributed by atoms with Gasteiger partial charge in [0.25, 0.3) is 0 Å². The number of nitrogens with two attached hydrogens (primary N) is 1. The molecular weight excluding hydrogens is 1660 g/mol. The number of aliphatic hydroxyl groups excluding tert-OH is 6. The van der Waals surface area contributed by atoms with E-state index in [0.29, 0.717) is 155 Å². The van der Waals surface area contributed by atoms with E-state index >= 15 is 0 Å². The number of fused-ring (bicyclic) bond motifs is 6. The number of carbonyl (C=O) groups excluding carboxylic acids is 5. The van der Waals surface area contributed by atoms with Crippen molar-refractivity contribution in [2.45, 2.75) is 214 Å². The third-order valence-electron chi connectivity index (χ3n) is 21.2. The lowest BCUT2D eigenvalue weighted by atomic mass is 9.88. The van der Waals surface area contributed by atoms with Crippen LogP contribution in [-0.2, 0) is 163 Å². The highest BCUT2D eigenvalue weighted by Crippen LogP contribution is 2.40. The number of amides is 5. The van der Waals surface area contributed by atoms with Crippen molar-refractivity contribution in [2.24, 2.45) is 5.73 Å². The third-order valence-corrected chi connectivity index (χ3v) is 21.2. The van der Waals surface area contributed by atoms with E-state index in [1.807, 2.05) is 4.90 Å². The van der Waals surface area contributed by atoms with Gasteiger partial charge in [-0.25, -0.2) is 14.0 Å². The first-order valence-corrected chi connectivity index (χ1v) is 42.9. The molecule has 6 aliphatic rings. The highest BCUT2D eigenvalue weighted by Gasteiger charge is 2.62. The van der Waals surface area contributed by atoms with Gasteiger partial charge in [-0.1, -0.05) is 34.9 Å². The second-order valence-corrected chi connectivity index (χ2v) is 31.5. The van der Waals surface area contributed by atoms with Crippen LogP contribution in [0.25, 0.3) is 0 Å². The summed E-state index contributed by atoms with van der Waals surface area (Å²) in [4.78, 5) is 63.5. The maximum absolute atomic E-state index is 14.3. The molecule has 712 valence electrons. The fraction of sp³-hybridized carbons (Fsp3) is 0.859. The van der Waals surface area contributed by atoms with E-state index < -0.39 is 114 Å². The third kappa shape index (κ3) is 33.8. The van der Waals surface area contributed by atoms with Crippen LogP contribution in [0.3, 0.4) is 0 Å². The van der Waals surface area contributed by atoms with Gasteiger partial charge in [-0.15, -0.1) is 15.3 Å². The van der Waals surface area contributed by atoms with Crippen LogP contribution in [0.15, 0.2) is 18.6 Å². The average Bonchev–Trinajstić information content (AvgIpc) is 1.62. The van der Waals surface area contributed by atoms with Crippen LogP contribution in [0.1, 0.15) is 96.1 Å². The predicted molar refractivity (Wildman–Crippen MR) is 428 cm³/mol. The molecule has 3 aromatic heterocycles. The number of ether oxygens (including phenoxy) is 21. The molecule has 9 heterocycles. The summed E-state index contributed by atoms with van der Waals surface area (Å²) < 4.78 is 127. The molecule has 47 heteroatoms. The summed E-state index contributed by atoms with van der Waals surface area (Å²) in [7, 11) is 0. The van der Waals surface area contributed by atoms with Crippen molar-refractivity contribution in [1.29, 1.82) is 0 Å². The van der Waals surface area contributed by atoms with Gasteiger partial charge < -0.3 is 162 Å². The molecule has 0 aliphatic carbocycles. The first kappa shape index (κ1) is 102. The molecule has 5 amide bonds. The Hall–Kier alpha value is -6.35. The lowest BCUT2D eigenvalue weighted by Gasteiger charge is -2.42. The van der Waals surface area contributed by atoms with Gasteiger partial charge in [-0.2, -0.15) is 0 Å². The Morgan fingerprint density at radius 3 is 1.00 bits per heavy atom. The quantitative estimate of drug-likeness (QED) is 0.0235. The summed E-state index contributed by atoms with van der Waals surface area (Å²) in [5.41, 5.74) is 2.05. The summed E-state index contributed by atoms with van der Waals surface area (Å²) in [6.45, 7) is 13.6. The zero-order valence-electron chi connectivity index (χ0n) is 72.2. The number of nitrogens with one attached hydrogen (secondary N) is 4. The number of aromatic nitrogens is 9. The monoisotopic (exact) mass is 1790 g/mol. The van der Waals surface area contributed by atoms with E-state index in [2.05, 4.69) is 52.2 Å². The fourth-order valence-corrected chi connectivity index (χ4v) is 14.6. The topological polar surface area (TPSA) is 570 Å². The lowest BCUT2D eigenvalue weighted by Crippen LogP contribution is -2.66. The molecule has 0 radical (unpaired) electrons. The molecule has 0 spiro atoms. The van der Waals surface area contributed by atoms with E-state index in [-0.39, 0.29) is 157 Å². The molecule has 6 fully saturated rings. The van der Waals surface area contributed by atoms with Gasteiger partial charge >= 0.3 is 0 Å². The van der Waals surface area contributed by atoms with Crippen molar-refractivity contribution < 1.29 is 154 Å². The van der Waals surface area contributed by atoms with Crippen LogP contribution in [0.5, 0.6) is 0 Å². The van der Waals surface area contributed by atoms with Gasteiger partial charge in [0.1, 0.15) is 94.2 Å². The predicted octanol–water partition coefficient (Wildman–Crippen LogP) is -5.55. The SMILES string of the molecule is CC(=O)N[C@H]1[C@H]2OC[C@@](COCCOCCOCCOCCn3cc(COCC(COCc4cn(CCOCCOCCOCCOC[C@]56CO[C@@H](O5)[C@H](NC(C)=O)[C@@H](O)[C@H]6O)nn4)(COCc4cn(CCOCCOCCOCCOC[C@]56CO[C@@H](O5)[C@H](NC(C)=O)[C@@H](O)[C@H]6O)nn4)NC(=O)CCCCCN(CCCCCCN)C(C)=O)nn3)(O2)[C@H](O)[C@@H]1O. The Labute approximate surface area is 725 Å². The molecule has 125 heavy (non-hydrogen) atoms. The molecule has 3 aromatic rings. The second kappa shape index (κ2) is 55.0. The largest absolute Gasteiger partial charge is 0.388 e. The number of carbonyl (C=O) groups is 5. The average molecular weight is 1790 g/mol. The van der Waals surface area contributed by atoms with E-state index in [9.17, 15) is 54.6 Å². The summed E-state index contributed by atoms with van der Waals surface area (Å²) in [5, 5.41) is 101. The molecular formula is C78H133N15O32. The fourth-order valence-electron chi connectivity index (χ4n) is 14.6. The first-order chi connectivity index (χ1) is 60.5. The number of hydrogen-bond acceptors (Lipinski definition) is 39. The van der Waals surface area contributed by atoms with Crippen molar-refractivity contribution >= 4 is 29.5 Å². The van der Waals surface area contributed by atoms with Gasteiger partial charge in [-0.3, -0.25) is 24.0 Å². The zero-order chi connectivity index (χ0) is 89.1. The minimum absolute atomic E-state index is 0.00480. The van der Waals surface area contributed by atoms with E-state index in [1.165, 1.54) is 20.8 Å². The maximum atomic E-state index is 14.3. The van der Waals surface area contributed by atoms with Gasteiger partial charge in [0.2, 0.25) is 29.5 Å². The van der Waals surface area contributed by atoms with Crippen LogP contribution in [0.2, 0.25) is 0 Å². The van der Waals surface area contributed by atoms with Crippen molar-refractivity contribution in [3.63, 3.8) is 0 Å². The van der Waals surface area contributed by atoms with Crippen LogP contribution < -0.4 is 27.0 Å². The van der Waals surface area contributed by atoms with E-state index in [4.69, 9.17) is 105 Å². The Balaban J connectivity index is 0.705. The molecule has 6 aliphatic heterocycles. The zero-order valence-corrected chi connectivity index (χ0v) is 72.2. The summed E-state index contributed by atoms with van der Waals surface area (Å²) in [6, 6.07) is -2.73. The Bertz CT molecular complexity index is 3260. The molecule has 15 atom stereocenters. The summed E-state index contributed by atoms with van der Waals surface area (Å²) in [5.74, 6) is -1.45. The van der Waals surface area contributed by atoms with Gasteiger partial charge in [0, 0.05) is 47.2 Å². The van der Waals surface area contributed by atoms with Crippen molar-refractivity contribution in [3.05, 3.63) is 35.7 Å². The number of rotatable bonds is 70. The second-order valence-electron chi connectivity index (χ2n) is 31.5. The highest BCUT2D eigenvalue weighted by atomic mass is 16.8. The Kier molecular flexibility index (Phi) is 45.0. The van der Waals surface area contributed by atoms with Gasteiger partial charge in [0.15, 0.2) is 18.9 Å². The Morgan fingerprint density at radius 1 is 0.416 bits per heavy atom. The lowest BCUT2D eigenvalue weighted by molar-refractivity contribution is -0.238. The number of nitrogens with zero attached hydrogens (tertiary/aromatic N) is 10. The first-order valence-electron chi connectivity index (χ1n) is 42.9. The molecule has 0 saturated carbocycles. The van der Waals surface area contributed by atoms with Gasteiger partial charge in [0.05, 0.1) is 256 Å². The number of aliphatic hydroxyl groups is 6. The highest BCUT2D eigenvalue weighted by molar-refractivity contribution is 5.77. The standard InChI is InChI=1S/C78H133N15O32/c1-55(94)80-63-66(99)69(102)76(52-120-72(63)123-76)49-114-37-34-111-31-28-108-25-22-105-19-16-91-40-59(84-87-91)43-117-46-75(83-62(98)12-8-7-11-15-90(58(4)97)14-10-6-5-9-13-79,47-118-44-60-41-92(88-85-60)17-20-106-23-26-109-29-32-112-35-38-115-50-77-53-121-73(124-77)64(81-56(2)95)67(100)70(77)103)48-119-45-61-42-93(89-86-61)18-21-107-24-27-110-30-33-113-36-39-116-51-78-54-122-74(125-78)65(82-57(3)96)68(101)71(78)104/h40-42,63-74,99-104H,5-39,43-54,79H2,1-4H3,(H,80,94)(H,81,95)(H,82,96)(H,83,98)/t63-,64-,65-,66-,67-,68-,69-,70-,71-,72+,73+,74+,76-,77-,78-/m1/s1. The van der Waals surface area contributed by atoms with Crippen molar-refractivity contribution in [2.75, 3.05) is 218 Å². The number of unbranched alkanes of at least 4 members (excludes halogenated alkanes) is 5. The molecule has 9 rings (SSSR count). The molecule has 0 aromatic carbocycles. The molecule has 0 unspecified atom stereocenters. The van der Waals surface area contributed by atoms with E-state index in [0.717, 1.165) is 25.7 Å². The number of hydrogen-bond donors (Lipinski definition) is 11. The molecule has 47 nitrogen and oxygen atoms in total. The maximum Gasteiger partial charge on any atom is 0.220 e. The van der Waals surface area contributed by atoms with E-state index in [1.54, 1.807) is 39.6 Å². The Morgan fingerprint density at radius 2 is 0.704 bits per heavy atom. The smallest absolute Gasteiger partial charge is 0.220 e. The summed E-state index contributed by atoms with van der Waals surface area (Å²) in [6.07, 6.45) is 0.406. The molecule has 6 bridgehead atoms. The van der Waals surface area contributed by atoms with Crippen LogP contribution >= 0.6 is 0 Å². The van der Waals surface area contributed by atoms with Crippen LogP contribution in [0.4, 0.5) is 0 Å². The van der Waals surface area contributed by atoms with Crippen molar-refractivity contribution in [3.8, 4) is 0 Å².